The van der Waals surface area contributed by atoms with Gasteiger partial charge in [-0.15, -0.1) is 0 Å². The molecule has 0 unspecified atom stereocenters. The van der Waals surface area contributed by atoms with Crippen LogP contribution in [0.25, 0.3) is 109 Å². The number of rotatable bonds is 4. The highest BCUT2D eigenvalue weighted by Gasteiger charge is 2.35. The number of nitriles is 2. The summed E-state index contributed by atoms with van der Waals surface area (Å²) in [4.78, 5) is 0. The minimum Gasteiger partial charge on any atom is -0.192 e. The summed E-state index contributed by atoms with van der Waals surface area (Å²) in [6, 6.07) is 70.2. The van der Waals surface area contributed by atoms with Gasteiger partial charge < -0.3 is 0 Å². The normalized spacial score (nSPS) is 12.9. The first-order valence-electron chi connectivity index (χ1n) is 20.9. The summed E-state index contributed by atoms with van der Waals surface area (Å²) in [6.45, 7) is 4.80. The lowest BCUT2D eigenvalue weighted by Crippen LogP contribution is -2.15. The van der Waals surface area contributed by atoms with E-state index in [9.17, 15) is 10.5 Å². The molecule has 2 nitrogen and oxygen atoms in total. The van der Waals surface area contributed by atoms with E-state index >= 15 is 0 Å². The molecule has 0 bridgehead atoms. The number of fused-ring (bicyclic) bond motifs is 4. The van der Waals surface area contributed by atoms with Crippen LogP contribution in [0.2, 0.25) is 0 Å². The van der Waals surface area contributed by atoms with Crippen molar-refractivity contribution in [2.45, 2.75) is 19.3 Å². The van der Waals surface area contributed by atoms with Crippen LogP contribution in [0.3, 0.4) is 0 Å². The van der Waals surface area contributed by atoms with Crippen LogP contribution in [0, 0.1) is 22.7 Å². The van der Waals surface area contributed by atoms with Crippen LogP contribution in [0.4, 0.5) is 0 Å². The van der Waals surface area contributed by atoms with Crippen molar-refractivity contribution in [2.24, 2.45) is 0 Å². The SMILES string of the molecule is CC1(C)c2cc(-c3c4ccccc4c(-c4ccc(C#N)cc4)c4ccccc34)cc3ccc4cc(-c5c6ccccc6c(-c6ccc(C#N)cc6)c6ccccc56)cc1c4c23. The third-order valence-electron chi connectivity index (χ3n) is 13.4. The van der Waals surface area contributed by atoms with Gasteiger partial charge in [-0.25, -0.2) is 0 Å². The molecule has 1 aliphatic carbocycles. The number of hydrogen-bond acceptors (Lipinski definition) is 2. The third-order valence-corrected chi connectivity index (χ3v) is 13.4. The Morgan fingerprint density at radius 2 is 0.607 bits per heavy atom. The Balaban J connectivity index is 1.08. The van der Waals surface area contributed by atoms with Gasteiger partial charge in [0.1, 0.15) is 0 Å². The minimum atomic E-state index is -0.270. The van der Waals surface area contributed by atoms with Crippen LogP contribution in [0.15, 0.2) is 182 Å². The average Bonchev–Trinajstić information content (AvgIpc) is 3.54. The molecular formula is C59H36N2. The first kappa shape index (κ1) is 35.0. The minimum absolute atomic E-state index is 0.270. The molecule has 61 heavy (non-hydrogen) atoms. The van der Waals surface area contributed by atoms with Crippen LogP contribution >= 0.6 is 0 Å². The zero-order valence-electron chi connectivity index (χ0n) is 33.7. The molecule has 0 aromatic heterocycles. The van der Waals surface area contributed by atoms with Crippen molar-refractivity contribution in [3.8, 4) is 56.6 Å². The van der Waals surface area contributed by atoms with Crippen LogP contribution in [-0.4, -0.2) is 0 Å². The zero-order chi connectivity index (χ0) is 41.0. The van der Waals surface area contributed by atoms with Gasteiger partial charge in [0.15, 0.2) is 0 Å². The largest absolute Gasteiger partial charge is 0.192 e. The lowest BCUT2D eigenvalue weighted by molar-refractivity contribution is 0.663. The van der Waals surface area contributed by atoms with Gasteiger partial charge >= 0.3 is 0 Å². The van der Waals surface area contributed by atoms with Gasteiger partial charge in [-0.2, -0.15) is 10.5 Å². The second kappa shape index (κ2) is 13.0. The van der Waals surface area contributed by atoms with E-state index in [0.717, 1.165) is 11.1 Å². The monoisotopic (exact) mass is 772 g/mol. The summed E-state index contributed by atoms with van der Waals surface area (Å²) < 4.78 is 0. The average molecular weight is 773 g/mol. The molecule has 0 N–H and O–H groups in total. The second-order valence-corrected chi connectivity index (χ2v) is 17.0. The van der Waals surface area contributed by atoms with Gasteiger partial charge in [0.25, 0.3) is 0 Å². The summed E-state index contributed by atoms with van der Waals surface area (Å²) in [5.74, 6) is 0. The fourth-order valence-electron chi connectivity index (χ4n) is 10.7. The summed E-state index contributed by atoms with van der Waals surface area (Å²) in [7, 11) is 0. The summed E-state index contributed by atoms with van der Waals surface area (Å²) in [5, 5.41) is 34.0. The maximum Gasteiger partial charge on any atom is 0.0991 e. The summed E-state index contributed by atoms with van der Waals surface area (Å²) in [5.41, 5.74) is 13.3. The molecule has 0 spiro atoms. The lowest BCUT2D eigenvalue weighted by atomic mass is 9.78. The van der Waals surface area contributed by atoms with Crippen molar-refractivity contribution in [3.05, 3.63) is 204 Å². The van der Waals surface area contributed by atoms with Crippen LogP contribution in [0.5, 0.6) is 0 Å². The van der Waals surface area contributed by atoms with Gasteiger partial charge in [-0.1, -0.05) is 147 Å². The van der Waals surface area contributed by atoms with Crippen LogP contribution in [-0.2, 0) is 5.41 Å². The van der Waals surface area contributed by atoms with Gasteiger partial charge in [0, 0.05) is 5.41 Å². The first-order valence-corrected chi connectivity index (χ1v) is 20.9. The maximum atomic E-state index is 9.55. The van der Waals surface area contributed by atoms with Crippen molar-refractivity contribution in [3.63, 3.8) is 0 Å². The standard InChI is InChI=1S/C59H36N2/c1-59(2)51-31-41(55-47-15-7-3-11-43(47)53(44-12-4-8-16-48(44)55)37-23-19-35(33-60)20-24-37)29-39-27-28-40-30-42(32-52(59)58(40)57(39)51)56-49-17-9-5-13-45(49)54(46-14-6-10-18-50(46)56)38-25-21-36(34-61)22-26-38/h3-32H,1-2H3. The molecule has 0 amide bonds. The quantitative estimate of drug-likeness (QED) is 0.132. The van der Waals surface area contributed by atoms with Gasteiger partial charge in [-0.05, 0) is 169 Å². The molecule has 11 aromatic carbocycles. The lowest BCUT2D eigenvalue weighted by Gasteiger charge is -2.24. The number of nitrogens with zero attached hydrogens (tertiary/aromatic N) is 2. The Kier molecular flexibility index (Phi) is 7.44. The molecule has 0 heterocycles. The first-order chi connectivity index (χ1) is 29.9. The molecule has 1 aliphatic rings. The second-order valence-electron chi connectivity index (χ2n) is 17.0. The van der Waals surface area contributed by atoms with Crippen LogP contribution in [0.1, 0.15) is 36.1 Å². The van der Waals surface area contributed by atoms with E-state index in [-0.39, 0.29) is 5.41 Å². The Morgan fingerprint density at radius 3 is 0.885 bits per heavy atom. The van der Waals surface area contributed by atoms with E-state index in [1.807, 2.05) is 24.3 Å². The third kappa shape index (κ3) is 5.01. The van der Waals surface area contributed by atoms with Gasteiger partial charge in [0.05, 0.1) is 23.3 Å². The van der Waals surface area contributed by atoms with Gasteiger partial charge in [-0.3, -0.25) is 0 Å². The summed E-state index contributed by atoms with van der Waals surface area (Å²) >= 11 is 0. The van der Waals surface area contributed by atoms with Crippen molar-refractivity contribution >= 4 is 64.6 Å². The fraction of sp³-hybridized carbons (Fsp3) is 0.0508. The molecule has 282 valence electrons. The molecular weight excluding hydrogens is 737 g/mol. The predicted molar refractivity (Wildman–Crippen MR) is 255 cm³/mol. The highest BCUT2D eigenvalue weighted by molar-refractivity contribution is 6.25. The molecule has 2 heteroatoms. The molecule has 0 radical (unpaired) electrons. The molecule has 11 aromatic rings. The Hall–Kier alpha value is -8.04. The van der Waals surface area contributed by atoms with Crippen molar-refractivity contribution < 1.29 is 0 Å². The molecule has 0 atom stereocenters. The molecule has 12 rings (SSSR count). The van der Waals surface area contributed by atoms with E-state index in [1.165, 1.54) is 109 Å². The molecule has 0 saturated heterocycles. The Labute approximate surface area is 353 Å². The zero-order valence-corrected chi connectivity index (χ0v) is 33.7. The highest BCUT2D eigenvalue weighted by Crippen LogP contribution is 2.54. The van der Waals surface area contributed by atoms with E-state index < -0.39 is 0 Å². The topological polar surface area (TPSA) is 47.6 Å². The smallest absolute Gasteiger partial charge is 0.0991 e. The number of benzene rings is 11. The predicted octanol–water partition coefficient (Wildman–Crippen LogP) is 15.7. The molecule has 0 saturated carbocycles. The van der Waals surface area contributed by atoms with E-state index in [2.05, 4.69) is 184 Å². The highest BCUT2D eigenvalue weighted by atomic mass is 14.4. The molecule has 0 fully saturated rings. The Morgan fingerprint density at radius 1 is 0.328 bits per heavy atom. The van der Waals surface area contributed by atoms with E-state index in [0.29, 0.717) is 11.1 Å². The summed E-state index contributed by atoms with van der Waals surface area (Å²) in [6.07, 6.45) is 0. The van der Waals surface area contributed by atoms with Crippen molar-refractivity contribution in [2.75, 3.05) is 0 Å². The van der Waals surface area contributed by atoms with Crippen molar-refractivity contribution in [1.29, 1.82) is 10.5 Å². The Bertz CT molecular complexity index is 3420. The molecule has 0 aliphatic heterocycles. The number of hydrogen-bond donors (Lipinski definition) is 0. The van der Waals surface area contributed by atoms with Crippen molar-refractivity contribution in [1.82, 2.24) is 0 Å². The van der Waals surface area contributed by atoms with Crippen LogP contribution < -0.4 is 0 Å². The van der Waals surface area contributed by atoms with E-state index in [4.69, 9.17) is 0 Å². The maximum absolute atomic E-state index is 9.55. The van der Waals surface area contributed by atoms with Gasteiger partial charge in [0.2, 0.25) is 0 Å². The van der Waals surface area contributed by atoms with E-state index in [1.54, 1.807) is 0 Å². The fourth-order valence-corrected chi connectivity index (χ4v) is 10.7.